The van der Waals surface area contributed by atoms with Gasteiger partial charge < -0.3 is 10.8 Å². The van der Waals surface area contributed by atoms with Gasteiger partial charge in [-0.3, -0.25) is 4.90 Å². The minimum absolute atomic E-state index is 0.0111. The number of rotatable bonds is 3. The van der Waals surface area contributed by atoms with Crippen molar-refractivity contribution < 1.29 is 9.90 Å². The molecule has 4 nitrogen and oxygen atoms in total. The third-order valence-electron chi connectivity index (χ3n) is 2.43. The predicted octanol–water partition coefficient (Wildman–Crippen LogP) is 1.30. The first-order chi connectivity index (χ1) is 7.07. The maximum absolute atomic E-state index is 11.0. The first-order valence-corrected chi connectivity index (χ1v) is 4.81. The average Bonchev–Trinajstić information content (AvgIpc) is 2.27. The van der Waals surface area contributed by atoms with Crippen molar-refractivity contribution in [1.29, 1.82) is 0 Å². The van der Waals surface area contributed by atoms with E-state index in [1.807, 2.05) is 31.2 Å². The van der Waals surface area contributed by atoms with Gasteiger partial charge in [0.2, 0.25) is 0 Å². The van der Waals surface area contributed by atoms with E-state index in [4.69, 9.17) is 10.8 Å². The Bertz CT molecular complexity index is 352. The first kappa shape index (κ1) is 11.5. The van der Waals surface area contributed by atoms with Crippen LogP contribution in [0.4, 0.5) is 10.5 Å². The zero-order chi connectivity index (χ0) is 11.4. The molecule has 0 saturated carbocycles. The highest BCUT2D eigenvalue weighted by Crippen LogP contribution is 2.26. The standard InChI is InChI=1S/C11H16N2O2/c1-8(7-14)9-5-3-4-6-10(9)13(2)11(12)15/h3-6,8,14H,7H2,1-2H3,(H2,12,15). The number of nitrogens with two attached hydrogens (primary N) is 1. The molecule has 3 N–H and O–H groups in total. The predicted molar refractivity (Wildman–Crippen MR) is 59.9 cm³/mol. The molecular formula is C11H16N2O2. The minimum Gasteiger partial charge on any atom is -0.396 e. The summed E-state index contributed by atoms with van der Waals surface area (Å²) in [4.78, 5) is 12.4. The summed E-state index contributed by atoms with van der Waals surface area (Å²) in [6, 6.07) is 6.90. The largest absolute Gasteiger partial charge is 0.396 e. The fourth-order valence-electron chi connectivity index (χ4n) is 1.43. The van der Waals surface area contributed by atoms with E-state index in [0.717, 1.165) is 11.3 Å². The quantitative estimate of drug-likeness (QED) is 0.786. The van der Waals surface area contributed by atoms with Crippen LogP contribution in [0.5, 0.6) is 0 Å². The van der Waals surface area contributed by atoms with Crippen LogP contribution in [0.1, 0.15) is 18.4 Å². The smallest absolute Gasteiger partial charge is 0.319 e. The van der Waals surface area contributed by atoms with Gasteiger partial charge in [-0.25, -0.2) is 4.79 Å². The number of anilines is 1. The lowest BCUT2D eigenvalue weighted by Crippen LogP contribution is -2.32. The first-order valence-electron chi connectivity index (χ1n) is 4.81. The number of aliphatic hydroxyl groups excluding tert-OH is 1. The molecule has 1 atom stereocenters. The van der Waals surface area contributed by atoms with Crippen LogP contribution in [-0.4, -0.2) is 24.8 Å². The molecule has 1 aromatic rings. The Labute approximate surface area is 89.3 Å². The van der Waals surface area contributed by atoms with E-state index in [-0.39, 0.29) is 12.5 Å². The Morgan fingerprint density at radius 3 is 2.67 bits per heavy atom. The van der Waals surface area contributed by atoms with Crippen molar-refractivity contribution >= 4 is 11.7 Å². The number of hydrogen-bond acceptors (Lipinski definition) is 2. The second-order valence-electron chi connectivity index (χ2n) is 3.54. The highest BCUT2D eigenvalue weighted by atomic mass is 16.3. The van der Waals surface area contributed by atoms with Crippen LogP contribution >= 0.6 is 0 Å². The molecule has 0 aliphatic carbocycles. The van der Waals surface area contributed by atoms with Gasteiger partial charge in [-0.05, 0) is 11.6 Å². The van der Waals surface area contributed by atoms with E-state index < -0.39 is 6.03 Å². The lowest BCUT2D eigenvalue weighted by Gasteiger charge is -2.21. The van der Waals surface area contributed by atoms with Crippen molar-refractivity contribution in [3.8, 4) is 0 Å². The van der Waals surface area contributed by atoms with Crippen LogP contribution in [0.25, 0.3) is 0 Å². The molecule has 1 unspecified atom stereocenters. The Hall–Kier alpha value is -1.55. The third kappa shape index (κ3) is 2.47. The van der Waals surface area contributed by atoms with E-state index in [0.29, 0.717) is 0 Å². The number of amides is 2. The van der Waals surface area contributed by atoms with Crippen molar-refractivity contribution in [1.82, 2.24) is 0 Å². The minimum atomic E-state index is -0.507. The molecule has 0 bridgehead atoms. The Morgan fingerprint density at radius 2 is 2.13 bits per heavy atom. The number of para-hydroxylation sites is 1. The second-order valence-corrected chi connectivity index (χ2v) is 3.54. The van der Waals surface area contributed by atoms with Crippen molar-refractivity contribution in [2.75, 3.05) is 18.6 Å². The fraction of sp³-hybridized carbons (Fsp3) is 0.364. The highest BCUT2D eigenvalue weighted by Gasteiger charge is 2.14. The summed E-state index contributed by atoms with van der Waals surface area (Å²) in [5.74, 6) is -0.0111. The van der Waals surface area contributed by atoms with Crippen LogP contribution in [0, 0.1) is 0 Å². The Balaban J connectivity index is 3.11. The van der Waals surface area contributed by atoms with Crippen molar-refractivity contribution in [2.24, 2.45) is 5.73 Å². The summed E-state index contributed by atoms with van der Waals surface area (Å²) >= 11 is 0. The Kier molecular flexibility index (Phi) is 3.68. The van der Waals surface area contributed by atoms with E-state index >= 15 is 0 Å². The van der Waals surface area contributed by atoms with E-state index in [2.05, 4.69) is 0 Å². The maximum atomic E-state index is 11.0. The molecule has 0 heterocycles. The molecule has 0 fully saturated rings. The molecule has 0 radical (unpaired) electrons. The summed E-state index contributed by atoms with van der Waals surface area (Å²) in [6.07, 6.45) is 0. The van der Waals surface area contributed by atoms with Crippen LogP contribution in [0.3, 0.4) is 0 Å². The monoisotopic (exact) mass is 208 g/mol. The van der Waals surface area contributed by atoms with Gasteiger partial charge in [0.25, 0.3) is 0 Å². The van der Waals surface area contributed by atoms with Gasteiger partial charge in [0.15, 0.2) is 0 Å². The van der Waals surface area contributed by atoms with Gasteiger partial charge in [0, 0.05) is 25.3 Å². The van der Waals surface area contributed by atoms with Gasteiger partial charge in [-0.1, -0.05) is 25.1 Å². The van der Waals surface area contributed by atoms with Gasteiger partial charge in [-0.2, -0.15) is 0 Å². The number of aliphatic hydroxyl groups is 1. The van der Waals surface area contributed by atoms with E-state index in [9.17, 15) is 4.79 Å². The normalized spacial score (nSPS) is 12.2. The zero-order valence-electron chi connectivity index (χ0n) is 8.97. The molecule has 0 aromatic heterocycles. The van der Waals surface area contributed by atoms with Gasteiger partial charge in [-0.15, -0.1) is 0 Å². The number of benzene rings is 1. The van der Waals surface area contributed by atoms with Crippen molar-refractivity contribution in [3.63, 3.8) is 0 Å². The van der Waals surface area contributed by atoms with Crippen LogP contribution in [0.2, 0.25) is 0 Å². The van der Waals surface area contributed by atoms with E-state index in [1.165, 1.54) is 4.90 Å². The molecule has 0 aliphatic rings. The summed E-state index contributed by atoms with van der Waals surface area (Å²) in [5.41, 5.74) is 6.86. The fourth-order valence-corrected chi connectivity index (χ4v) is 1.43. The zero-order valence-corrected chi connectivity index (χ0v) is 8.97. The molecule has 1 aromatic carbocycles. The van der Waals surface area contributed by atoms with Crippen molar-refractivity contribution in [2.45, 2.75) is 12.8 Å². The molecule has 0 spiro atoms. The molecule has 4 heteroatoms. The van der Waals surface area contributed by atoms with Gasteiger partial charge in [0.1, 0.15) is 0 Å². The molecule has 0 aliphatic heterocycles. The SMILES string of the molecule is CC(CO)c1ccccc1N(C)C(N)=O. The van der Waals surface area contributed by atoms with E-state index in [1.54, 1.807) is 7.05 Å². The molecule has 0 saturated heterocycles. The Morgan fingerprint density at radius 1 is 1.53 bits per heavy atom. The summed E-state index contributed by atoms with van der Waals surface area (Å²) < 4.78 is 0. The van der Waals surface area contributed by atoms with Gasteiger partial charge in [0.05, 0.1) is 0 Å². The molecule has 82 valence electrons. The van der Waals surface area contributed by atoms with Crippen LogP contribution in [-0.2, 0) is 0 Å². The number of hydrogen-bond donors (Lipinski definition) is 2. The topological polar surface area (TPSA) is 66.6 Å². The lowest BCUT2D eigenvalue weighted by atomic mass is 9.99. The number of primary amides is 1. The molecule has 2 amide bonds. The van der Waals surface area contributed by atoms with Crippen LogP contribution in [0.15, 0.2) is 24.3 Å². The third-order valence-corrected chi connectivity index (χ3v) is 2.43. The highest BCUT2D eigenvalue weighted by molar-refractivity contribution is 5.91. The van der Waals surface area contributed by atoms with Crippen molar-refractivity contribution in [3.05, 3.63) is 29.8 Å². The second kappa shape index (κ2) is 4.79. The maximum Gasteiger partial charge on any atom is 0.319 e. The molecular weight excluding hydrogens is 192 g/mol. The number of nitrogens with zero attached hydrogens (tertiary/aromatic N) is 1. The van der Waals surface area contributed by atoms with Crippen LogP contribution < -0.4 is 10.6 Å². The molecule has 1 rings (SSSR count). The summed E-state index contributed by atoms with van der Waals surface area (Å²) in [7, 11) is 1.62. The number of urea groups is 1. The summed E-state index contributed by atoms with van der Waals surface area (Å²) in [6.45, 7) is 1.94. The number of carbonyl (C=O) groups is 1. The lowest BCUT2D eigenvalue weighted by molar-refractivity contribution is 0.254. The average molecular weight is 208 g/mol. The molecule has 15 heavy (non-hydrogen) atoms. The number of carbonyl (C=O) groups excluding carboxylic acids is 1. The van der Waals surface area contributed by atoms with Gasteiger partial charge >= 0.3 is 6.03 Å². The summed E-state index contributed by atoms with van der Waals surface area (Å²) in [5, 5.41) is 9.10.